The number of hydrogen-bond donors (Lipinski definition) is 0. The summed E-state index contributed by atoms with van der Waals surface area (Å²) in [5.74, 6) is -3.13. The van der Waals surface area contributed by atoms with Crippen molar-refractivity contribution in [1.29, 1.82) is 0 Å². The van der Waals surface area contributed by atoms with Crippen LogP contribution in [0.25, 0.3) is 0 Å². The first-order chi connectivity index (χ1) is 8.06. The van der Waals surface area contributed by atoms with Crippen molar-refractivity contribution in [3.63, 3.8) is 0 Å². The Kier molecular flexibility index (Phi) is 7.50. The molecule has 0 radical (unpaired) electrons. The summed E-state index contributed by atoms with van der Waals surface area (Å²) in [6.45, 7) is 1.62. The standard InChI is InChI=1S/C12H12O5.Na/c1-2-17-12(16)11(15)7-10(14)8-5-3-4-6-9(8)13;/h3-6,13H,2,7H2,1H3;/q;+1/p-1. The minimum atomic E-state index is -1.05. The van der Waals surface area contributed by atoms with Crippen molar-refractivity contribution < 1.29 is 53.8 Å². The fraction of sp³-hybridized carbons (Fsp3) is 0.250. The third-order valence-electron chi connectivity index (χ3n) is 2.01. The zero-order chi connectivity index (χ0) is 12.8. The molecule has 0 N–H and O–H groups in total. The molecule has 1 rings (SSSR count). The minimum Gasteiger partial charge on any atom is -0.872 e. The molecule has 0 aliphatic heterocycles. The van der Waals surface area contributed by atoms with Crippen LogP contribution < -0.4 is 34.7 Å². The number of carbonyl (C=O) groups excluding carboxylic acids is 3. The molecule has 1 aromatic rings. The van der Waals surface area contributed by atoms with Gasteiger partial charge in [-0.05, 0) is 6.92 Å². The summed E-state index contributed by atoms with van der Waals surface area (Å²) in [6, 6.07) is 5.56. The fourth-order valence-corrected chi connectivity index (χ4v) is 1.22. The van der Waals surface area contributed by atoms with Gasteiger partial charge in [-0.15, -0.1) is 0 Å². The van der Waals surface area contributed by atoms with E-state index in [1.807, 2.05) is 0 Å². The Hall–Kier alpha value is -1.17. The molecule has 0 aromatic heterocycles. The SMILES string of the molecule is CCOC(=O)C(=O)CC(=O)c1ccccc1[O-].[Na+]. The van der Waals surface area contributed by atoms with Gasteiger partial charge in [0.25, 0.3) is 0 Å². The van der Waals surface area contributed by atoms with E-state index < -0.39 is 29.7 Å². The Morgan fingerprint density at radius 1 is 1.22 bits per heavy atom. The average Bonchev–Trinajstić information content (AvgIpc) is 2.29. The van der Waals surface area contributed by atoms with E-state index in [0.717, 1.165) is 0 Å². The number of benzene rings is 1. The van der Waals surface area contributed by atoms with Crippen LogP contribution in [-0.4, -0.2) is 24.1 Å². The van der Waals surface area contributed by atoms with Gasteiger partial charge >= 0.3 is 35.5 Å². The molecule has 5 nitrogen and oxygen atoms in total. The van der Waals surface area contributed by atoms with Gasteiger partial charge < -0.3 is 9.84 Å². The van der Waals surface area contributed by atoms with Crippen LogP contribution in [0, 0.1) is 0 Å². The van der Waals surface area contributed by atoms with Crippen molar-refractivity contribution in [3.8, 4) is 5.75 Å². The molecule has 0 aliphatic carbocycles. The molecule has 0 atom stereocenters. The van der Waals surface area contributed by atoms with Crippen LogP contribution in [0.15, 0.2) is 24.3 Å². The molecule has 0 saturated carbocycles. The first-order valence-corrected chi connectivity index (χ1v) is 5.05. The molecule has 0 saturated heterocycles. The van der Waals surface area contributed by atoms with E-state index >= 15 is 0 Å². The summed E-state index contributed by atoms with van der Waals surface area (Å²) in [7, 11) is 0. The molecule has 0 spiro atoms. The van der Waals surface area contributed by atoms with E-state index in [0.29, 0.717) is 0 Å². The van der Waals surface area contributed by atoms with Gasteiger partial charge in [0.15, 0.2) is 5.78 Å². The zero-order valence-electron chi connectivity index (χ0n) is 10.3. The Bertz CT molecular complexity index is 456. The monoisotopic (exact) mass is 258 g/mol. The van der Waals surface area contributed by atoms with Gasteiger partial charge in [-0.2, -0.15) is 0 Å². The molecule has 1 aromatic carbocycles. The second-order valence-electron chi connectivity index (χ2n) is 3.24. The van der Waals surface area contributed by atoms with Gasteiger partial charge in [-0.1, -0.05) is 30.0 Å². The Balaban J connectivity index is 0.00000289. The molecule has 0 fully saturated rings. The zero-order valence-corrected chi connectivity index (χ0v) is 12.3. The summed E-state index contributed by atoms with van der Waals surface area (Å²) >= 11 is 0. The predicted molar refractivity (Wildman–Crippen MR) is 56.5 cm³/mol. The fourth-order valence-electron chi connectivity index (χ4n) is 1.22. The van der Waals surface area contributed by atoms with Crippen LogP contribution in [0.5, 0.6) is 5.75 Å². The van der Waals surface area contributed by atoms with Crippen molar-refractivity contribution in [1.82, 2.24) is 0 Å². The topological polar surface area (TPSA) is 83.5 Å². The van der Waals surface area contributed by atoms with Crippen molar-refractivity contribution >= 4 is 17.5 Å². The van der Waals surface area contributed by atoms with Crippen LogP contribution in [-0.2, 0) is 14.3 Å². The summed E-state index contributed by atoms with van der Waals surface area (Å²) in [5, 5.41) is 11.3. The van der Waals surface area contributed by atoms with E-state index in [1.165, 1.54) is 24.3 Å². The maximum absolute atomic E-state index is 11.6. The quantitative estimate of drug-likeness (QED) is 0.191. The molecular weight excluding hydrogens is 247 g/mol. The van der Waals surface area contributed by atoms with Crippen LogP contribution in [0.3, 0.4) is 0 Å². The molecule has 90 valence electrons. The third kappa shape index (κ3) is 4.60. The molecular formula is C12H11NaO5. The second-order valence-corrected chi connectivity index (χ2v) is 3.24. The number of Topliss-reactive ketones (excluding diaryl/α,β-unsaturated/α-hetero) is 2. The van der Waals surface area contributed by atoms with E-state index in [9.17, 15) is 19.5 Å². The Labute approximate surface area is 126 Å². The second kappa shape index (κ2) is 8.02. The molecule has 0 amide bonds. The summed E-state index contributed by atoms with van der Waals surface area (Å²) in [5.41, 5.74) is -0.0925. The van der Waals surface area contributed by atoms with Gasteiger partial charge in [0.1, 0.15) is 0 Å². The summed E-state index contributed by atoms with van der Waals surface area (Å²) < 4.78 is 4.45. The Morgan fingerprint density at radius 2 is 1.83 bits per heavy atom. The largest absolute Gasteiger partial charge is 1.00 e. The molecule has 0 unspecified atom stereocenters. The van der Waals surface area contributed by atoms with Crippen molar-refractivity contribution in [3.05, 3.63) is 29.8 Å². The summed E-state index contributed by atoms with van der Waals surface area (Å²) in [6.07, 6.45) is -0.641. The maximum atomic E-state index is 11.6. The van der Waals surface area contributed by atoms with Gasteiger partial charge in [0.2, 0.25) is 5.78 Å². The van der Waals surface area contributed by atoms with Crippen molar-refractivity contribution in [2.75, 3.05) is 6.61 Å². The molecule has 0 bridgehead atoms. The maximum Gasteiger partial charge on any atom is 1.00 e. The minimum absolute atomic E-state index is 0. The van der Waals surface area contributed by atoms with E-state index in [-0.39, 0.29) is 41.7 Å². The first-order valence-electron chi connectivity index (χ1n) is 5.05. The normalized spacial score (nSPS) is 9.17. The average molecular weight is 258 g/mol. The number of ketones is 2. The molecule has 0 aliphatic rings. The van der Waals surface area contributed by atoms with Crippen LogP contribution >= 0.6 is 0 Å². The van der Waals surface area contributed by atoms with Gasteiger partial charge in [0, 0.05) is 5.56 Å². The number of para-hydroxylation sites is 1. The van der Waals surface area contributed by atoms with Crippen LogP contribution in [0.1, 0.15) is 23.7 Å². The smallest absolute Gasteiger partial charge is 0.872 e. The van der Waals surface area contributed by atoms with Crippen molar-refractivity contribution in [2.45, 2.75) is 13.3 Å². The number of hydrogen-bond acceptors (Lipinski definition) is 5. The number of esters is 1. The van der Waals surface area contributed by atoms with E-state index in [2.05, 4.69) is 4.74 Å². The summed E-state index contributed by atoms with van der Waals surface area (Å²) in [4.78, 5) is 33.8. The first kappa shape index (κ1) is 16.8. The van der Waals surface area contributed by atoms with Crippen molar-refractivity contribution in [2.24, 2.45) is 0 Å². The molecule has 6 heteroatoms. The van der Waals surface area contributed by atoms with Gasteiger partial charge in [-0.25, -0.2) is 4.79 Å². The van der Waals surface area contributed by atoms with Gasteiger partial charge in [-0.3, -0.25) is 9.59 Å². The van der Waals surface area contributed by atoms with E-state index in [1.54, 1.807) is 6.92 Å². The van der Waals surface area contributed by atoms with Crippen LogP contribution in [0.4, 0.5) is 0 Å². The van der Waals surface area contributed by atoms with E-state index in [4.69, 9.17) is 0 Å². The third-order valence-corrected chi connectivity index (χ3v) is 2.01. The van der Waals surface area contributed by atoms with Gasteiger partial charge in [0.05, 0.1) is 13.0 Å². The predicted octanol–water partition coefficient (Wildman–Crippen LogP) is -2.53. The molecule has 0 heterocycles. The number of rotatable bonds is 5. The number of ether oxygens (including phenoxy) is 1. The van der Waals surface area contributed by atoms with Crippen LogP contribution in [0.2, 0.25) is 0 Å². The Morgan fingerprint density at radius 3 is 2.39 bits per heavy atom. The molecule has 18 heavy (non-hydrogen) atoms. The number of carbonyl (C=O) groups is 3.